The van der Waals surface area contributed by atoms with Crippen molar-refractivity contribution in [2.24, 2.45) is 5.73 Å². The van der Waals surface area contributed by atoms with Crippen molar-refractivity contribution < 1.29 is 4.79 Å². The molecule has 0 fully saturated rings. The number of likely N-dealkylation sites (N-methyl/N-ethyl adjacent to an activating group) is 2. The summed E-state index contributed by atoms with van der Waals surface area (Å²) in [6, 6.07) is 13.7. The van der Waals surface area contributed by atoms with Crippen molar-refractivity contribution >= 4 is 39.8 Å². The summed E-state index contributed by atoms with van der Waals surface area (Å²) < 4.78 is 1.85. The standard InChI is InChI=1S/C26H32N8O/c1-17-13-24(33(4)12-11-32(2)3)20(27)14-22(17)31-26-29-10-9-21(30-26)19-15-34(16-25(28)35)23-8-6-5-7-18(19)23/h5-10,13-15H,11-12,16,27H2,1-4H3,(H2,28,35)(H,29,30,31). The fourth-order valence-corrected chi connectivity index (χ4v) is 4.08. The van der Waals surface area contributed by atoms with Crippen LogP contribution in [0.5, 0.6) is 0 Å². The SMILES string of the molecule is Cc1cc(N(C)CCN(C)C)c(N)cc1Nc1nccc(-c2cn(CC(N)=O)c3ccccc23)n1. The Labute approximate surface area is 205 Å². The first-order valence-corrected chi connectivity index (χ1v) is 11.5. The number of carbonyl (C=O) groups excluding carboxylic acids is 1. The third-order valence-electron chi connectivity index (χ3n) is 5.96. The number of anilines is 4. The highest BCUT2D eigenvalue weighted by atomic mass is 16.1. The van der Waals surface area contributed by atoms with Crippen LogP contribution in [0.4, 0.5) is 23.0 Å². The van der Waals surface area contributed by atoms with Crippen LogP contribution >= 0.6 is 0 Å². The zero-order valence-electron chi connectivity index (χ0n) is 20.6. The summed E-state index contributed by atoms with van der Waals surface area (Å²) in [5, 5.41) is 4.31. The van der Waals surface area contributed by atoms with Gasteiger partial charge in [0.15, 0.2) is 0 Å². The van der Waals surface area contributed by atoms with Crippen LogP contribution in [0.25, 0.3) is 22.2 Å². The molecule has 35 heavy (non-hydrogen) atoms. The Hall–Kier alpha value is -4.11. The number of nitrogen functional groups attached to an aromatic ring is 1. The molecule has 9 nitrogen and oxygen atoms in total. The Balaban J connectivity index is 1.63. The van der Waals surface area contributed by atoms with E-state index in [0.29, 0.717) is 11.6 Å². The van der Waals surface area contributed by atoms with E-state index in [0.717, 1.165) is 52.2 Å². The van der Waals surface area contributed by atoms with Gasteiger partial charge >= 0.3 is 0 Å². The highest BCUT2D eigenvalue weighted by Crippen LogP contribution is 2.32. The topological polar surface area (TPSA) is 118 Å². The molecule has 0 unspecified atom stereocenters. The number of nitrogens with zero attached hydrogens (tertiary/aromatic N) is 5. The van der Waals surface area contributed by atoms with Crippen molar-refractivity contribution in [2.75, 3.05) is 50.2 Å². The largest absolute Gasteiger partial charge is 0.397 e. The number of aryl methyl sites for hydroxylation is 1. The number of benzene rings is 2. The molecule has 5 N–H and O–H groups in total. The first-order chi connectivity index (χ1) is 16.7. The maximum Gasteiger partial charge on any atom is 0.237 e. The lowest BCUT2D eigenvalue weighted by Crippen LogP contribution is -2.29. The number of hydrogen-bond acceptors (Lipinski definition) is 7. The summed E-state index contributed by atoms with van der Waals surface area (Å²) in [5.74, 6) is 0.0664. The Morgan fingerprint density at radius 1 is 1.11 bits per heavy atom. The molecule has 2 heterocycles. The first-order valence-electron chi connectivity index (χ1n) is 11.5. The molecule has 4 aromatic rings. The molecule has 2 aromatic heterocycles. The number of hydrogen-bond donors (Lipinski definition) is 3. The van der Waals surface area contributed by atoms with E-state index in [-0.39, 0.29) is 6.54 Å². The van der Waals surface area contributed by atoms with Crippen molar-refractivity contribution in [1.82, 2.24) is 19.4 Å². The monoisotopic (exact) mass is 472 g/mol. The zero-order valence-corrected chi connectivity index (χ0v) is 20.6. The molecule has 0 saturated carbocycles. The summed E-state index contributed by atoms with van der Waals surface area (Å²) in [6.45, 7) is 3.94. The van der Waals surface area contributed by atoms with Gasteiger partial charge < -0.3 is 31.2 Å². The molecular formula is C26H32N8O. The lowest BCUT2D eigenvalue weighted by Gasteiger charge is -2.24. The van der Waals surface area contributed by atoms with E-state index in [1.807, 2.05) is 61.1 Å². The summed E-state index contributed by atoms with van der Waals surface area (Å²) in [7, 11) is 6.15. The number of aromatic nitrogens is 3. The van der Waals surface area contributed by atoms with Crippen LogP contribution in [0.15, 0.2) is 54.9 Å². The Morgan fingerprint density at radius 3 is 2.63 bits per heavy atom. The number of nitrogens with two attached hydrogens (primary N) is 2. The van der Waals surface area contributed by atoms with Gasteiger partial charge in [0.1, 0.15) is 6.54 Å². The summed E-state index contributed by atoms with van der Waals surface area (Å²) in [5.41, 5.74) is 18.0. The molecule has 0 atom stereocenters. The van der Waals surface area contributed by atoms with Gasteiger partial charge in [-0.05, 0) is 50.8 Å². The van der Waals surface area contributed by atoms with Crippen LogP contribution in [0.2, 0.25) is 0 Å². The van der Waals surface area contributed by atoms with Crippen molar-refractivity contribution in [1.29, 1.82) is 0 Å². The van der Waals surface area contributed by atoms with E-state index in [1.165, 1.54) is 0 Å². The van der Waals surface area contributed by atoms with Crippen LogP contribution in [-0.2, 0) is 11.3 Å². The summed E-state index contributed by atoms with van der Waals surface area (Å²) >= 11 is 0. The molecule has 0 spiro atoms. The van der Waals surface area contributed by atoms with Crippen LogP contribution in [-0.4, -0.2) is 59.6 Å². The van der Waals surface area contributed by atoms with Crippen molar-refractivity contribution in [3.8, 4) is 11.3 Å². The number of amides is 1. The third kappa shape index (κ3) is 5.36. The van der Waals surface area contributed by atoms with E-state index in [9.17, 15) is 4.79 Å². The van der Waals surface area contributed by atoms with Crippen LogP contribution in [0.1, 0.15) is 5.56 Å². The molecule has 9 heteroatoms. The molecule has 0 radical (unpaired) electrons. The van der Waals surface area contributed by atoms with Crippen molar-refractivity contribution in [2.45, 2.75) is 13.5 Å². The van der Waals surface area contributed by atoms with Gasteiger partial charge in [-0.3, -0.25) is 4.79 Å². The first kappa shape index (κ1) is 24.0. The van der Waals surface area contributed by atoms with Crippen LogP contribution in [0.3, 0.4) is 0 Å². The highest BCUT2D eigenvalue weighted by Gasteiger charge is 2.14. The van der Waals surface area contributed by atoms with Gasteiger partial charge in [0, 0.05) is 54.7 Å². The minimum absolute atomic E-state index is 0.102. The Bertz CT molecular complexity index is 1360. The molecule has 0 saturated heterocycles. The average Bonchev–Trinajstić information content (AvgIpc) is 3.17. The van der Waals surface area contributed by atoms with Crippen LogP contribution < -0.4 is 21.7 Å². The number of para-hydroxylation sites is 1. The fourth-order valence-electron chi connectivity index (χ4n) is 4.08. The third-order valence-corrected chi connectivity index (χ3v) is 5.96. The normalized spacial score (nSPS) is 11.2. The second-order valence-electron chi connectivity index (χ2n) is 9.00. The smallest absolute Gasteiger partial charge is 0.237 e. The van der Waals surface area contributed by atoms with E-state index in [2.05, 4.69) is 40.3 Å². The van der Waals surface area contributed by atoms with E-state index in [1.54, 1.807) is 6.20 Å². The van der Waals surface area contributed by atoms with Crippen LogP contribution in [0, 0.1) is 6.92 Å². The second-order valence-corrected chi connectivity index (χ2v) is 9.00. The molecule has 0 aliphatic rings. The average molecular weight is 473 g/mol. The quantitative estimate of drug-likeness (QED) is 0.320. The van der Waals surface area contributed by atoms with Crippen molar-refractivity contribution in [3.63, 3.8) is 0 Å². The van der Waals surface area contributed by atoms with E-state index in [4.69, 9.17) is 16.5 Å². The Kier molecular flexibility index (Phi) is 6.88. The molecule has 4 rings (SSSR count). The number of rotatable bonds is 9. The van der Waals surface area contributed by atoms with E-state index < -0.39 is 5.91 Å². The lowest BCUT2D eigenvalue weighted by molar-refractivity contribution is -0.118. The molecule has 0 aliphatic carbocycles. The fraction of sp³-hybridized carbons (Fsp3) is 0.269. The number of carbonyl (C=O) groups is 1. The maximum absolute atomic E-state index is 11.6. The van der Waals surface area contributed by atoms with Gasteiger partial charge in [-0.15, -0.1) is 0 Å². The molecular weight excluding hydrogens is 440 g/mol. The molecule has 2 aromatic carbocycles. The molecule has 1 amide bonds. The zero-order chi connectivity index (χ0) is 25.1. The molecule has 0 aliphatic heterocycles. The van der Waals surface area contributed by atoms with Gasteiger partial charge in [0.05, 0.1) is 17.1 Å². The van der Waals surface area contributed by atoms with E-state index >= 15 is 0 Å². The highest BCUT2D eigenvalue weighted by molar-refractivity contribution is 5.96. The maximum atomic E-state index is 11.6. The summed E-state index contributed by atoms with van der Waals surface area (Å²) in [6.07, 6.45) is 3.62. The predicted octanol–water partition coefficient (Wildman–Crippen LogP) is 3.22. The molecule has 182 valence electrons. The van der Waals surface area contributed by atoms with Gasteiger partial charge in [0.2, 0.25) is 11.9 Å². The molecule has 0 bridgehead atoms. The van der Waals surface area contributed by atoms with Gasteiger partial charge in [-0.1, -0.05) is 18.2 Å². The number of nitrogens with one attached hydrogen (secondary N) is 1. The number of primary amides is 1. The second kappa shape index (κ2) is 10.0. The van der Waals surface area contributed by atoms with Gasteiger partial charge in [-0.25, -0.2) is 9.97 Å². The van der Waals surface area contributed by atoms with Gasteiger partial charge in [0.25, 0.3) is 0 Å². The number of fused-ring (bicyclic) bond motifs is 1. The summed E-state index contributed by atoms with van der Waals surface area (Å²) in [4.78, 5) is 25.0. The van der Waals surface area contributed by atoms with Crippen molar-refractivity contribution in [3.05, 3.63) is 60.4 Å². The predicted molar refractivity (Wildman–Crippen MR) is 143 cm³/mol. The lowest BCUT2D eigenvalue weighted by atomic mass is 10.1. The van der Waals surface area contributed by atoms with Gasteiger partial charge in [-0.2, -0.15) is 0 Å². The minimum Gasteiger partial charge on any atom is -0.397 e. The minimum atomic E-state index is -0.397. The Morgan fingerprint density at radius 2 is 1.89 bits per heavy atom.